The Labute approximate surface area is 83.4 Å². The zero-order valence-corrected chi connectivity index (χ0v) is 10.3. The van der Waals surface area contributed by atoms with Crippen LogP contribution in [0.15, 0.2) is 28.7 Å². The molecule has 0 radical (unpaired) electrons. The quantitative estimate of drug-likeness (QED) is 0.782. The van der Waals surface area contributed by atoms with Crippen LogP contribution >= 0.6 is 15.9 Å². The number of benzene rings is 1. The minimum Gasteiger partial charge on any atom is -0.410 e. The van der Waals surface area contributed by atoms with E-state index in [1.165, 1.54) is 5.69 Å². The van der Waals surface area contributed by atoms with Crippen LogP contribution in [-0.4, -0.2) is 8.24 Å². The zero-order valence-electron chi connectivity index (χ0n) is 7.69. The van der Waals surface area contributed by atoms with Crippen LogP contribution in [0.1, 0.15) is 0 Å². The van der Waals surface area contributed by atoms with Gasteiger partial charge in [0, 0.05) is 10.2 Å². The topological polar surface area (TPSA) is 12.0 Å². The number of para-hydroxylation sites is 1. The molecule has 0 atom stereocenters. The molecule has 0 spiro atoms. The highest BCUT2D eigenvalue weighted by Gasteiger charge is 2.13. The first-order valence-electron chi connectivity index (χ1n) is 4.02. The van der Waals surface area contributed by atoms with Crippen molar-refractivity contribution in [3.05, 3.63) is 28.7 Å². The SMILES string of the molecule is C[Si](C)(C)Nc1ccccc1Br. The van der Waals surface area contributed by atoms with Crippen molar-refractivity contribution in [2.45, 2.75) is 19.6 Å². The average molecular weight is 244 g/mol. The van der Waals surface area contributed by atoms with Crippen molar-refractivity contribution >= 4 is 29.9 Å². The lowest BCUT2D eigenvalue weighted by Gasteiger charge is -2.20. The second-order valence-corrected chi connectivity index (χ2v) is 9.46. The molecule has 0 aliphatic rings. The van der Waals surface area contributed by atoms with Gasteiger partial charge in [0.2, 0.25) is 0 Å². The summed E-state index contributed by atoms with van der Waals surface area (Å²) in [6, 6.07) is 8.23. The molecule has 1 N–H and O–H groups in total. The summed E-state index contributed by atoms with van der Waals surface area (Å²) in [5.41, 5.74) is 1.21. The van der Waals surface area contributed by atoms with E-state index in [2.05, 4.69) is 52.7 Å². The average Bonchev–Trinajstić information content (AvgIpc) is 1.91. The van der Waals surface area contributed by atoms with Crippen LogP contribution in [0.25, 0.3) is 0 Å². The zero-order chi connectivity index (χ0) is 9.19. The molecular formula is C9H14BrNSi. The van der Waals surface area contributed by atoms with Crippen LogP contribution in [0.3, 0.4) is 0 Å². The monoisotopic (exact) mass is 243 g/mol. The third kappa shape index (κ3) is 2.99. The predicted octanol–water partition coefficient (Wildman–Crippen LogP) is 3.70. The van der Waals surface area contributed by atoms with Crippen LogP contribution in [-0.2, 0) is 0 Å². The molecule has 0 aliphatic heterocycles. The molecule has 12 heavy (non-hydrogen) atoms. The smallest absolute Gasteiger partial charge is 0.144 e. The molecule has 0 aliphatic carbocycles. The largest absolute Gasteiger partial charge is 0.410 e. The molecule has 1 nitrogen and oxygen atoms in total. The van der Waals surface area contributed by atoms with Gasteiger partial charge in [-0.15, -0.1) is 0 Å². The molecule has 0 bridgehead atoms. The van der Waals surface area contributed by atoms with Gasteiger partial charge in [-0.25, -0.2) is 0 Å². The Morgan fingerprint density at radius 2 is 1.75 bits per heavy atom. The second kappa shape index (κ2) is 3.62. The summed E-state index contributed by atoms with van der Waals surface area (Å²) in [6.45, 7) is 6.85. The van der Waals surface area contributed by atoms with Gasteiger partial charge in [-0.1, -0.05) is 31.8 Å². The van der Waals surface area contributed by atoms with E-state index >= 15 is 0 Å². The van der Waals surface area contributed by atoms with Crippen LogP contribution < -0.4 is 4.98 Å². The fourth-order valence-electron chi connectivity index (χ4n) is 0.967. The van der Waals surface area contributed by atoms with E-state index in [-0.39, 0.29) is 0 Å². The maximum absolute atomic E-state index is 3.54. The van der Waals surface area contributed by atoms with E-state index in [0.29, 0.717) is 0 Å². The third-order valence-electron chi connectivity index (χ3n) is 1.38. The molecule has 0 saturated heterocycles. The second-order valence-electron chi connectivity index (χ2n) is 3.85. The molecule has 66 valence electrons. The van der Waals surface area contributed by atoms with E-state index in [1.807, 2.05) is 12.1 Å². The van der Waals surface area contributed by atoms with E-state index in [1.54, 1.807) is 0 Å². The number of nitrogens with one attached hydrogen (secondary N) is 1. The highest BCUT2D eigenvalue weighted by Crippen LogP contribution is 2.23. The Balaban J connectivity index is 2.83. The molecule has 0 amide bonds. The van der Waals surface area contributed by atoms with E-state index in [0.717, 1.165) is 4.47 Å². The molecule has 1 aromatic rings. The molecule has 0 aromatic heterocycles. The predicted molar refractivity (Wildman–Crippen MR) is 61.1 cm³/mol. The highest BCUT2D eigenvalue weighted by molar-refractivity contribution is 9.10. The van der Waals surface area contributed by atoms with Gasteiger partial charge in [-0.05, 0) is 28.1 Å². The fourth-order valence-corrected chi connectivity index (χ4v) is 2.56. The van der Waals surface area contributed by atoms with Crippen molar-refractivity contribution in [1.82, 2.24) is 0 Å². The van der Waals surface area contributed by atoms with Gasteiger partial charge in [0.25, 0.3) is 0 Å². The van der Waals surface area contributed by atoms with Crippen molar-refractivity contribution in [2.24, 2.45) is 0 Å². The molecule has 0 saturated carbocycles. The Morgan fingerprint density at radius 3 is 2.25 bits per heavy atom. The molecule has 0 unspecified atom stereocenters. The summed E-state index contributed by atoms with van der Waals surface area (Å²) in [6.07, 6.45) is 0. The molecule has 1 aromatic carbocycles. The maximum atomic E-state index is 3.54. The number of anilines is 1. The van der Waals surface area contributed by atoms with Crippen LogP contribution in [0, 0.1) is 0 Å². The lowest BCUT2D eigenvalue weighted by molar-refractivity contribution is 1.55. The van der Waals surface area contributed by atoms with Crippen molar-refractivity contribution < 1.29 is 0 Å². The van der Waals surface area contributed by atoms with Gasteiger partial charge in [0.1, 0.15) is 8.24 Å². The number of halogens is 1. The summed E-state index contributed by atoms with van der Waals surface area (Å²) in [4.78, 5) is 3.54. The summed E-state index contributed by atoms with van der Waals surface area (Å²) in [7, 11) is -1.21. The lowest BCUT2D eigenvalue weighted by atomic mass is 10.3. The Morgan fingerprint density at radius 1 is 1.17 bits per heavy atom. The molecule has 0 heterocycles. The van der Waals surface area contributed by atoms with Crippen molar-refractivity contribution in [2.75, 3.05) is 4.98 Å². The maximum Gasteiger partial charge on any atom is 0.144 e. The standard InChI is InChI=1S/C9H14BrNSi/c1-12(2,3)11-9-7-5-4-6-8(9)10/h4-7,11H,1-3H3. The molecule has 0 fully saturated rings. The van der Waals surface area contributed by atoms with Gasteiger partial charge in [-0.2, -0.15) is 0 Å². The minimum atomic E-state index is -1.21. The summed E-state index contributed by atoms with van der Waals surface area (Å²) >= 11 is 3.51. The van der Waals surface area contributed by atoms with Gasteiger partial charge in [-0.3, -0.25) is 0 Å². The van der Waals surface area contributed by atoms with Crippen LogP contribution in [0.4, 0.5) is 5.69 Å². The first-order chi connectivity index (χ1) is 5.49. The van der Waals surface area contributed by atoms with Gasteiger partial charge >= 0.3 is 0 Å². The van der Waals surface area contributed by atoms with E-state index in [4.69, 9.17) is 0 Å². The van der Waals surface area contributed by atoms with E-state index < -0.39 is 8.24 Å². The van der Waals surface area contributed by atoms with Crippen molar-refractivity contribution in [3.8, 4) is 0 Å². The third-order valence-corrected chi connectivity index (χ3v) is 3.09. The van der Waals surface area contributed by atoms with Gasteiger partial charge in [0.05, 0.1) is 0 Å². The summed E-state index contributed by atoms with van der Waals surface area (Å²) < 4.78 is 1.15. The number of hydrogen-bond donors (Lipinski definition) is 1. The normalized spacial score (nSPS) is 11.3. The van der Waals surface area contributed by atoms with Crippen molar-refractivity contribution in [1.29, 1.82) is 0 Å². The Kier molecular flexibility index (Phi) is 2.96. The first kappa shape index (κ1) is 9.80. The fraction of sp³-hybridized carbons (Fsp3) is 0.333. The lowest BCUT2D eigenvalue weighted by Crippen LogP contribution is -2.32. The van der Waals surface area contributed by atoms with Crippen molar-refractivity contribution in [3.63, 3.8) is 0 Å². The van der Waals surface area contributed by atoms with E-state index in [9.17, 15) is 0 Å². The minimum absolute atomic E-state index is 1.15. The summed E-state index contributed by atoms with van der Waals surface area (Å²) in [5, 5.41) is 0. The van der Waals surface area contributed by atoms with Crippen LogP contribution in [0.2, 0.25) is 19.6 Å². The summed E-state index contributed by atoms with van der Waals surface area (Å²) in [5.74, 6) is 0. The van der Waals surface area contributed by atoms with Gasteiger partial charge in [0.15, 0.2) is 0 Å². The highest BCUT2D eigenvalue weighted by atomic mass is 79.9. The molecule has 1 rings (SSSR count). The Hall–Kier alpha value is -0.283. The molecular weight excluding hydrogens is 230 g/mol. The number of hydrogen-bond acceptors (Lipinski definition) is 1. The number of rotatable bonds is 2. The van der Waals surface area contributed by atoms with Crippen LogP contribution in [0.5, 0.6) is 0 Å². The Bertz CT molecular complexity index is 267. The molecule has 3 heteroatoms. The van der Waals surface area contributed by atoms with Gasteiger partial charge < -0.3 is 4.98 Å². The first-order valence-corrected chi connectivity index (χ1v) is 8.31.